The maximum absolute atomic E-state index is 12.5. The van der Waals surface area contributed by atoms with E-state index in [1.54, 1.807) is 24.3 Å². The first-order valence-corrected chi connectivity index (χ1v) is 9.81. The van der Waals surface area contributed by atoms with E-state index in [0.29, 0.717) is 17.7 Å². The predicted molar refractivity (Wildman–Crippen MR) is 109 cm³/mol. The van der Waals surface area contributed by atoms with Crippen LogP contribution in [0, 0.1) is 0 Å². The highest BCUT2D eigenvalue weighted by Crippen LogP contribution is 2.35. The molecule has 1 heterocycles. The van der Waals surface area contributed by atoms with Crippen LogP contribution in [0.2, 0.25) is 0 Å². The number of carbonyl (C=O) groups excluding carboxylic acids is 2. The molecule has 0 saturated carbocycles. The van der Waals surface area contributed by atoms with Gasteiger partial charge in [-0.3, -0.25) is 14.5 Å². The molecule has 2 aromatic rings. The lowest BCUT2D eigenvalue weighted by Gasteiger charge is -2.31. The molecule has 0 bridgehead atoms. The van der Waals surface area contributed by atoms with E-state index in [2.05, 4.69) is 44.2 Å². The number of allylic oxidation sites excluding steroid dienone is 1. The first kappa shape index (κ1) is 19.1. The quantitative estimate of drug-likeness (QED) is 0.468. The largest absolute Gasteiger partial charge is 0.270 e. The Morgan fingerprint density at radius 3 is 2.04 bits per heavy atom. The molecule has 1 aliphatic rings. The van der Waals surface area contributed by atoms with Gasteiger partial charge in [0.1, 0.15) is 0 Å². The number of rotatable bonds is 8. The smallest absolute Gasteiger partial charge is 0.261 e. The molecule has 140 valence electrons. The van der Waals surface area contributed by atoms with Crippen LogP contribution in [0.3, 0.4) is 0 Å². The standard InChI is InChI=1S/C24H27NO2/c1-3-5-16-24(4-2,19-12-7-6-8-13-19)17-11-18-25-22(26)20-14-9-10-15-21(20)23(25)27/h6-15,17H,3-5,16,18H2,1-2H3/b17-11+/t24-/m0/s1. The molecule has 3 nitrogen and oxygen atoms in total. The second kappa shape index (κ2) is 8.34. The second-order valence-corrected chi connectivity index (χ2v) is 7.15. The highest BCUT2D eigenvalue weighted by Gasteiger charge is 2.34. The molecule has 0 spiro atoms. The summed E-state index contributed by atoms with van der Waals surface area (Å²) < 4.78 is 0. The van der Waals surface area contributed by atoms with Gasteiger partial charge in [0.15, 0.2) is 0 Å². The second-order valence-electron chi connectivity index (χ2n) is 7.15. The van der Waals surface area contributed by atoms with Gasteiger partial charge in [0, 0.05) is 12.0 Å². The molecule has 27 heavy (non-hydrogen) atoms. The van der Waals surface area contributed by atoms with Gasteiger partial charge in [-0.05, 0) is 30.5 Å². The van der Waals surface area contributed by atoms with Crippen LogP contribution in [0.4, 0.5) is 0 Å². The number of amides is 2. The fraction of sp³-hybridized carbons (Fsp3) is 0.333. The summed E-state index contributed by atoms with van der Waals surface area (Å²) in [6.45, 7) is 4.72. The molecule has 0 radical (unpaired) electrons. The number of imide groups is 1. The van der Waals surface area contributed by atoms with Gasteiger partial charge in [0.05, 0.1) is 11.1 Å². The third-order valence-corrected chi connectivity index (χ3v) is 5.56. The molecule has 0 unspecified atom stereocenters. The summed E-state index contributed by atoms with van der Waals surface area (Å²) >= 11 is 0. The molecule has 1 atom stereocenters. The molecule has 3 heteroatoms. The maximum atomic E-state index is 12.5. The van der Waals surface area contributed by atoms with Crippen LogP contribution in [0.1, 0.15) is 65.8 Å². The number of nitrogens with zero attached hydrogens (tertiary/aromatic N) is 1. The Kier molecular flexibility index (Phi) is 5.90. The topological polar surface area (TPSA) is 37.4 Å². The van der Waals surface area contributed by atoms with E-state index in [0.717, 1.165) is 25.7 Å². The van der Waals surface area contributed by atoms with E-state index in [-0.39, 0.29) is 17.2 Å². The van der Waals surface area contributed by atoms with Crippen molar-refractivity contribution < 1.29 is 9.59 Å². The van der Waals surface area contributed by atoms with Gasteiger partial charge in [-0.1, -0.05) is 81.3 Å². The summed E-state index contributed by atoms with van der Waals surface area (Å²) in [4.78, 5) is 26.4. The fourth-order valence-electron chi connectivity index (χ4n) is 3.87. The molecule has 3 rings (SSSR count). The van der Waals surface area contributed by atoms with E-state index in [9.17, 15) is 9.59 Å². The minimum absolute atomic E-state index is 0.0596. The number of fused-ring (bicyclic) bond motifs is 1. The van der Waals surface area contributed by atoms with Crippen molar-refractivity contribution in [2.24, 2.45) is 0 Å². The highest BCUT2D eigenvalue weighted by atomic mass is 16.2. The SMILES string of the molecule is CCCC[C@](/C=C/CN1C(=O)c2ccccc2C1=O)(CC)c1ccccc1. The number of carbonyl (C=O) groups is 2. The van der Waals surface area contributed by atoms with Crippen LogP contribution in [-0.2, 0) is 5.41 Å². The molecular weight excluding hydrogens is 334 g/mol. The van der Waals surface area contributed by atoms with Crippen LogP contribution >= 0.6 is 0 Å². The average molecular weight is 361 g/mol. The van der Waals surface area contributed by atoms with Crippen LogP contribution in [0.15, 0.2) is 66.7 Å². The Balaban J connectivity index is 1.82. The molecule has 0 N–H and O–H groups in total. The minimum Gasteiger partial charge on any atom is -0.270 e. The normalized spacial score (nSPS) is 16.0. The Bertz CT molecular complexity index is 805. The first-order valence-electron chi connectivity index (χ1n) is 9.81. The number of hydrogen-bond acceptors (Lipinski definition) is 2. The van der Waals surface area contributed by atoms with Gasteiger partial charge >= 0.3 is 0 Å². The summed E-state index contributed by atoms with van der Waals surface area (Å²) in [5, 5.41) is 0. The zero-order valence-corrected chi connectivity index (χ0v) is 16.2. The lowest BCUT2D eigenvalue weighted by Crippen LogP contribution is -2.30. The third kappa shape index (κ3) is 3.73. The first-order chi connectivity index (χ1) is 13.1. The lowest BCUT2D eigenvalue weighted by atomic mass is 9.74. The third-order valence-electron chi connectivity index (χ3n) is 5.56. The van der Waals surface area contributed by atoms with Crippen molar-refractivity contribution in [3.8, 4) is 0 Å². The van der Waals surface area contributed by atoms with Crippen molar-refractivity contribution in [2.45, 2.75) is 44.9 Å². The van der Waals surface area contributed by atoms with Crippen LogP contribution in [-0.4, -0.2) is 23.3 Å². The zero-order valence-electron chi connectivity index (χ0n) is 16.2. The molecule has 0 aromatic heterocycles. The van der Waals surface area contributed by atoms with Crippen LogP contribution in [0.25, 0.3) is 0 Å². The highest BCUT2D eigenvalue weighted by molar-refractivity contribution is 6.21. The van der Waals surface area contributed by atoms with Crippen molar-refractivity contribution >= 4 is 11.8 Å². The molecule has 0 aliphatic carbocycles. The Hall–Kier alpha value is -2.68. The van der Waals surface area contributed by atoms with Crippen molar-refractivity contribution in [1.29, 1.82) is 0 Å². The summed E-state index contributed by atoms with van der Waals surface area (Å²) in [6, 6.07) is 17.6. The van der Waals surface area contributed by atoms with Crippen molar-refractivity contribution in [1.82, 2.24) is 4.90 Å². The summed E-state index contributed by atoms with van der Waals surface area (Å²) in [5.74, 6) is -0.397. The monoisotopic (exact) mass is 361 g/mol. The summed E-state index contributed by atoms with van der Waals surface area (Å²) in [6.07, 6.45) is 8.52. The zero-order chi connectivity index (χ0) is 19.3. The van der Waals surface area contributed by atoms with E-state index in [4.69, 9.17) is 0 Å². The van der Waals surface area contributed by atoms with Crippen LogP contribution in [0.5, 0.6) is 0 Å². The van der Waals surface area contributed by atoms with Gasteiger partial charge in [-0.15, -0.1) is 0 Å². The predicted octanol–water partition coefficient (Wildman–Crippen LogP) is 5.38. The molecule has 2 amide bonds. The lowest BCUT2D eigenvalue weighted by molar-refractivity contribution is 0.0671. The minimum atomic E-state index is -0.199. The number of hydrogen-bond donors (Lipinski definition) is 0. The molecule has 0 saturated heterocycles. The average Bonchev–Trinajstić information content (AvgIpc) is 2.96. The summed E-state index contributed by atoms with van der Waals surface area (Å²) in [5.41, 5.74) is 2.24. The maximum Gasteiger partial charge on any atom is 0.261 e. The van der Waals surface area contributed by atoms with Gasteiger partial charge in [0.25, 0.3) is 11.8 Å². The van der Waals surface area contributed by atoms with Gasteiger partial charge in [-0.2, -0.15) is 0 Å². The van der Waals surface area contributed by atoms with E-state index >= 15 is 0 Å². The van der Waals surface area contributed by atoms with Gasteiger partial charge in [0.2, 0.25) is 0 Å². The molecular formula is C24H27NO2. The molecule has 1 aliphatic heterocycles. The van der Waals surface area contributed by atoms with Crippen molar-refractivity contribution in [3.05, 3.63) is 83.4 Å². The van der Waals surface area contributed by atoms with Gasteiger partial charge in [-0.25, -0.2) is 0 Å². The number of benzene rings is 2. The van der Waals surface area contributed by atoms with Crippen molar-refractivity contribution in [3.63, 3.8) is 0 Å². The fourth-order valence-corrected chi connectivity index (χ4v) is 3.87. The Morgan fingerprint density at radius 2 is 1.48 bits per heavy atom. The number of unbranched alkanes of at least 4 members (excludes halogenated alkanes) is 1. The molecule has 2 aromatic carbocycles. The van der Waals surface area contributed by atoms with Crippen LogP contribution < -0.4 is 0 Å². The summed E-state index contributed by atoms with van der Waals surface area (Å²) in [7, 11) is 0. The Labute approximate surface area is 161 Å². The van der Waals surface area contributed by atoms with Crippen molar-refractivity contribution in [2.75, 3.05) is 6.54 Å². The Morgan fingerprint density at radius 1 is 0.889 bits per heavy atom. The molecule has 0 fully saturated rings. The van der Waals surface area contributed by atoms with E-state index in [1.165, 1.54) is 10.5 Å². The van der Waals surface area contributed by atoms with Gasteiger partial charge < -0.3 is 0 Å². The van der Waals surface area contributed by atoms with E-state index < -0.39 is 0 Å². The van der Waals surface area contributed by atoms with E-state index in [1.807, 2.05) is 12.1 Å².